The van der Waals surface area contributed by atoms with Crippen LogP contribution in [0.25, 0.3) is 6.08 Å². The van der Waals surface area contributed by atoms with E-state index in [1.54, 1.807) is 37.5 Å². The predicted molar refractivity (Wildman–Crippen MR) is 90.7 cm³/mol. The normalized spacial score (nSPS) is 11.5. The van der Waals surface area contributed by atoms with Crippen molar-refractivity contribution in [3.63, 3.8) is 0 Å². The van der Waals surface area contributed by atoms with Gasteiger partial charge in [-0.25, -0.2) is 13.6 Å². The van der Waals surface area contributed by atoms with Gasteiger partial charge in [0.25, 0.3) is 0 Å². The number of ketones is 1. The van der Waals surface area contributed by atoms with Crippen molar-refractivity contribution in [1.82, 2.24) is 0 Å². The molecule has 0 fully saturated rings. The highest BCUT2D eigenvalue weighted by atomic mass is 32.2. The molecule has 0 aliphatic carbocycles. The van der Waals surface area contributed by atoms with Gasteiger partial charge in [-0.1, -0.05) is 18.2 Å². The summed E-state index contributed by atoms with van der Waals surface area (Å²) in [6.45, 7) is 0. The van der Waals surface area contributed by atoms with Crippen LogP contribution in [0.2, 0.25) is 0 Å². The fraction of sp³-hybridized carbons (Fsp3) is 0.118. The smallest absolute Gasteiger partial charge is 0.241 e. The van der Waals surface area contributed by atoms with E-state index < -0.39 is 10.0 Å². The van der Waals surface area contributed by atoms with Gasteiger partial charge in [-0.15, -0.1) is 0 Å². The van der Waals surface area contributed by atoms with Gasteiger partial charge in [0.1, 0.15) is 16.4 Å². The van der Waals surface area contributed by atoms with Crippen LogP contribution < -0.4 is 14.6 Å². The predicted octanol–water partition coefficient (Wildman–Crippen LogP) is 2.25. The van der Waals surface area contributed by atoms with E-state index in [1.807, 2.05) is 0 Å². The van der Waals surface area contributed by atoms with Gasteiger partial charge in [0.2, 0.25) is 10.0 Å². The Bertz CT molecular complexity index is 870. The summed E-state index contributed by atoms with van der Waals surface area (Å²) in [5.74, 6) is 0.456. The standard InChI is InChI=1S/C17H17NO5S/c1-22-14-7-3-12(4-8-14)5-9-15(19)13-6-10-16(23-2)17(11-13)24(18,20)21/h3-11H,1-2H3,(H2,18,20,21)/b9-5+. The molecule has 6 nitrogen and oxygen atoms in total. The van der Waals surface area contributed by atoms with E-state index in [0.717, 1.165) is 5.56 Å². The molecule has 0 atom stereocenters. The molecular weight excluding hydrogens is 330 g/mol. The minimum absolute atomic E-state index is 0.0909. The van der Waals surface area contributed by atoms with Gasteiger partial charge < -0.3 is 9.47 Å². The van der Waals surface area contributed by atoms with Gasteiger partial charge >= 0.3 is 0 Å². The Morgan fingerprint density at radius 1 is 1.04 bits per heavy atom. The fourth-order valence-corrected chi connectivity index (χ4v) is 2.76. The minimum atomic E-state index is -3.99. The monoisotopic (exact) mass is 347 g/mol. The Balaban J connectivity index is 2.27. The van der Waals surface area contributed by atoms with Crippen molar-refractivity contribution in [2.45, 2.75) is 4.90 Å². The number of benzene rings is 2. The van der Waals surface area contributed by atoms with Crippen LogP contribution in [0.3, 0.4) is 0 Å². The Labute approximate surface area is 140 Å². The van der Waals surface area contributed by atoms with Gasteiger partial charge in [-0.05, 0) is 42.0 Å². The van der Waals surface area contributed by atoms with Gasteiger partial charge in [-0.3, -0.25) is 4.79 Å². The van der Waals surface area contributed by atoms with Crippen molar-refractivity contribution in [2.24, 2.45) is 5.14 Å². The molecule has 0 amide bonds. The molecule has 7 heteroatoms. The number of hydrogen-bond acceptors (Lipinski definition) is 5. The molecule has 0 saturated heterocycles. The van der Waals surface area contributed by atoms with Gasteiger partial charge in [-0.2, -0.15) is 0 Å². The molecule has 2 aromatic carbocycles. The molecule has 0 aliphatic heterocycles. The summed E-state index contributed by atoms with van der Waals surface area (Å²) in [6, 6.07) is 11.2. The zero-order valence-corrected chi connectivity index (χ0v) is 14.0. The second-order valence-electron chi connectivity index (χ2n) is 4.88. The van der Waals surface area contributed by atoms with Crippen LogP contribution >= 0.6 is 0 Å². The zero-order valence-electron chi connectivity index (χ0n) is 13.2. The van der Waals surface area contributed by atoms with Crippen molar-refractivity contribution < 1.29 is 22.7 Å². The molecule has 2 aromatic rings. The summed E-state index contributed by atoms with van der Waals surface area (Å²) in [5, 5.41) is 5.15. The molecule has 24 heavy (non-hydrogen) atoms. The maximum Gasteiger partial charge on any atom is 0.241 e. The van der Waals surface area contributed by atoms with Crippen LogP contribution in [-0.4, -0.2) is 28.4 Å². The topological polar surface area (TPSA) is 95.7 Å². The summed E-state index contributed by atoms with van der Waals surface area (Å²) < 4.78 is 33.2. The second-order valence-corrected chi connectivity index (χ2v) is 6.41. The Morgan fingerprint density at radius 3 is 2.25 bits per heavy atom. The molecule has 0 aromatic heterocycles. The molecule has 0 unspecified atom stereocenters. The number of rotatable bonds is 6. The number of sulfonamides is 1. The molecule has 2 N–H and O–H groups in total. The number of carbonyl (C=O) groups is 1. The molecule has 0 spiro atoms. The van der Waals surface area contributed by atoms with Crippen molar-refractivity contribution in [3.8, 4) is 11.5 Å². The van der Waals surface area contributed by atoms with Crippen LogP contribution in [-0.2, 0) is 10.0 Å². The lowest BCUT2D eigenvalue weighted by Gasteiger charge is -2.07. The number of primary sulfonamides is 1. The van der Waals surface area contributed by atoms with Crippen LogP contribution in [0.1, 0.15) is 15.9 Å². The molecule has 0 heterocycles. The minimum Gasteiger partial charge on any atom is -0.497 e. The Morgan fingerprint density at radius 2 is 1.71 bits per heavy atom. The summed E-state index contributed by atoms with van der Waals surface area (Å²) in [5.41, 5.74) is 1.01. The summed E-state index contributed by atoms with van der Waals surface area (Å²) in [4.78, 5) is 12.0. The first-order valence-corrected chi connectivity index (χ1v) is 8.47. The molecule has 0 radical (unpaired) electrons. The Hall–Kier alpha value is -2.64. The lowest BCUT2D eigenvalue weighted by Crippen LogP contribution is -2.14. The first-order chi connectivity index (χ1) is 11.3. The SMILES string of the molecule is COc1ccc(/C=C/C(=O)c2ccc(OC)c(S(N)(=O)=O)c2)cc1. The highest BCUT2D eigenvalue weighted by Crippen LogP contribution is 2.24. The summed E-state index contributed by atoms with van der Waals surface area (Å²) in [6.07, 6.45) is 2.99. The molecule has 0 bridgehead atoms. The molecule has 2 rings (SSSR count). The first kappa shape index (κ1) is 17.7. The summed E-state index contributed by atoms with van der Waals surface area (Å²) >= 11 is 0. The largest absolute Gasteiger partial charge is 0.497 e. The van der Waals surface area contributed by atoms with Crippen molar-refractivity contribution in [1.29, 1.82) is 0 Å². The third-order valence-corrected chi connectivity index (χ3v) is 4.23. The number of allylic oxidation sites excluding steroid dienone is 1. The maximum atomic E-state index is 12.2. The number of ether oxygens (including phenoxy) is 2. The highest BCUT2D eigenvalue weighted by Gasteiger charge is 2.17. The third kappa shape index (κ3) is 4.21. The fourth-order valence-electron chi connectivity index (χ4n) is 2.04. The molecule has 0 aliphatic rings. The van der Waals surface area contributed by atoms with Crippen LogP contribution in [0.15, 0.2) is 53.4 Å². The lowest BCUT2D eigenvalue weighted by atomic mass is 10.1. The van der Waals surface area contributed by atoms with Crippen molar-refractivity contribution in [3.05, 3.63) is 59.7 Å². The first-order valence-electron chi connectivity index (χ1n) is 6.92. The molecule has 126 valence electrons. The second kappa shape index (κ2) is 7.29. The van der Waals surface area contributed by atoms with Gasteiger partial charge in [0.05, 0.1) is 14.2 Å². The Kier molecular flexibility index (Phi) is 5.38. The number of carbonyl (C=O) groups excluding carboxylic acids is 1. The van der Waals surface area contributed by atoms with Crippen LogP contribution in [0.5, 0.6) is 11.5 Å². The average molecular weight is 347 g/mol. The number of methoxy groups -OCH3 is 2. The van der Waals surface area contributed by atoms with E-state index in [9.17, 15) is 13.2 Å². The lowest BCUT2D eigenvalue weighted by molar-refractivity contribution is 0.104. The third-order valence-electron chi connectivity index (χ3n) is 3.30. The quantitative estimate of drug-likeness (QED) is 0.639. The van der Waals surface area contributed by atoms with Gasteiger partial charge in [0, 0.05) is 5.56 Å². The zero-order chi connectivity index (χ0) is 17.7. The summed E-state index contributed by atoms with van der Waals surface area (Å²) in [7, 11) is -1.09. The number of nitrogens with two attached hydrogens (primary N) is 1. The molecule has 0 saturated carbocycles. The van der Waals surface area contributed by atoms with Crippen LogP contribution in [0, 0.1) is 0 Å². The van der Waals surface area contributed by atoms with Crippen molar-refractivity contribution >= 4 is 21.9 Å². The van der Waals surface area contributed by atoms with E-state index >= 15 is 0 Å². The molecular formula is C17H17NO5S. The highest BCUT2D eigenvalue weighted by molar-refractivity contribution is 7.89. The average Bonchev–Trinajstić information content (AvgIpc) is 2.58. The van der Waals surface area contributed by atoms with E-state index in [0.29, 0.717) is 5.75 Å². The van der Waals surface area contributed by atoms with Crippen LogP contribution in [0.4, 0.5) is 0 Å². The van der Waals surface area contributed by atoms with E-state index in [4.69, 9.17) is 14.6 Å². The van der Waals surface area contributed by atoms with E-state index in [-0.39, 0.29) is 22.0 Å². The maximum absolute atomic E-state index is 12.2. The van der Waals surface area contributed by atoms with E-state index in [1.165, 1.54) is 31.4 Å². The number of hydrogen-bond donors (Lipinski definition) is 1. The van der Waals surface area contributed by atoms with Gasteiger partial charge in [0.15, 0.2) is 5.78 Å². The van der Waals surface area contributed by atoms with E-state index in [2.05, 4.69) is 0 Å². The van der Waals surface area contributed by atoms with Crippen molar-refractivity contribution in [2.75, 3.05) is 14.2 Å².